The molecule has 0 N–H and O–H groups in total. The number of ketones is 2. The third-order valence-corrected chi connectivity index (χ3v) is 8.31. The number of Topliss-reactive ketones (excluding diaryl/α,β-unsaturated/α-hetero) is 2. The van der Waals surface area contributed by atoms with Gasteiger partial charge in [-0.15, -0.1) is 6.58 Å². The molecule has 4 heteroatoms. The Kier molecular flexibility index (Phi) is 3.75. The van der Waals surface area contributed by atoms with Crippen LogP contribution in [0.15, 0.2) is 24.8 Å². The van der Waals surface area contributed by atoms with Crippen molar-refractivity contribution in [1.29, 1.82) is 0 Å². The average molecular weight is 358 g/mol. The lowest BCUT2D eigenvalue weighted by molar-refractivity contribution is -0.235. The number of ether oxygens (including phenoxy) is 2. The second-order valence-electron chi connectivity index (χ2n) is 9.35. The Labute approximate surface area is 156 Å². The minimum atomic E-state index is -0.877. The van der Waals surface area contributed by atoms with Crippen molar-refractivity contribution in [2.24, 2.45) is 28.1 Å². The molecule has 3 saturated carbocycles. The third-order valence-electron chi connectivity index (χ3n) is 8.31. The van der Waals surface area contributed by atoms with Crippen molar-refractivity contribution in [1.82, 2.24) is 0 Å². The highest BCUT2D eigenvalue weighted by molar-refractivity contribution is 6.06. The van der Waals surface area contributed by atoms with Crippen molar-refractivity contribution in [2.75, 3.05) is 13.2 Å². The van der Waals surface area contributed by atoms with E-state index in [2.05, 4.69) is 27.0 Å². The van der Waals surface area contributed by atoms with Crippen LogP contribution in [-0.4, -0.2) is 30.6 Å². The standard InChI is InChI=1S/C22H30O4/c1-6-19(4)13-16(23)20(5)14(2)7-8-21(15(3)17(19)24)9-10-22(18(20)21)25-11-12-26-22/h6,14,18H,1,3,7-13H2,2,4-5H3/t14-,18?,19+,20+,21?/m1/s1. The average Bonchev–Trinajstić information content (AvgIpc) is 3.23. The summed E-state index contributed by atoms with van der Waals surface area (Å²) in [6.07, 6.45) is 5.14. The molecule has 3 aliphatic carbocycles. The van der Waals surface area contributed by atoms with Gasteiger partial charge in [0.1, 0.15) is 5.78 Å². The van der Waals surface area contributed by atoms with Crippen LogP contribution < -0.4 is 0 Å². The highest BCUT2D eigenvalue weighted by Crippen LogP contribution is 2.70. The van der Waals surface area contributed by atoms with Gasteiger partial charge in [0.05, 0.1) is 18.6 Å². The SMILES string of the molecule is C=C[C@@]1(C)CC(=O)[C@@]2(C)C3C4(CCC3(CC[C@H]2C)C(=C)C1=O)OCCO4. The van der Waals surface area contributed by atoms with Gasteiger partial charge in [-0.3, -0.25) is 9.59 Å². The molecule has 0 amide bonds. The first-order chi connectivity index (χ1) is 12.2. The van der Waals surface area contributed by atoms with Gasteiger partial charge in [-0.05, 0) is 37.7 Å². The molecule has 4 fully saturated rings. The highest BCUT2D eigenvalue weighted by atomic mass is 16.7. The molecule has 4 aliphatic rings. The molecule has 1 aliphatic heterocycles. The van der Waals surface area contributed by atoms with Crippen LogP contribution in [0.2, 0.25) is 0 Å². The monoisotopic (exact) mass is 358 g/mol. The quantitative estimate of drug-likeness (QED) is 0.528. The maximum Gasteiger partial charge on any atom is 0.173 e. The summed E-state index contributed by atoms with van der Waals surface area (Å²) in [5.41, 5.74) is -1.22. The minimum Gasteiger partial charge on any atom is -0.347 e. The predicted octanol–water partition coefficient (Wildman–Crippen LogP) is 3.85. The zero-order valence-corrected chi connectivity index (χ0v) is 16.2. The Morgan fingerprint density at radius 2 is 1.77 bits per heavy atom. The molecular weight excluding hydrogens is 328 g/mol. The molecule has 2 bridgehead atoms. The molecule has 0 radical (unpaired) electrons. The predicted molar refractivity (Wildman–Crippen MR) is 98.4 cm³/mol. The number of carbonyl (C=O) groups is 2. The largest absolute Gasteiger partial charge is 0.347 e. The summed E-state index contributed by atoms with van der Waals surface area (Å²) in [6, 6.07) is 0. The van der Waals surface area contributed by atoms with Crippen molar-refractivity contribution in [2.45, 2.75) is 58.7 Å². The van der Waals surface area contributed by atoms with E-state index in [0.29, 0.717) is 18.8 Å². The Morgan fingerprint density at radius 1 is 1.12 bits per heavy atom. The van der Waals surface area contributed by atoms with Crippen molar-refractivity contribution in [3.05, 3.63) is 24.8 Å². The van der Waals surface area contributed by atoms with E-state index >= 15 is 0 Å². The summed E-state index contributed by atoms with van der Waals surface area (Å²) in [4.78, 5) is 27.1. The van der Waals surface area contributed by atoms with Gasteiger partial charge >= 0.3 is 0 Å². The lowest BCUT2D eigenvalue weighted by atomic mass is 9.45. The highest BCUT2D eigenvalue weighted by Gasteiger charge is 2.72. The first-order valence-electron chi connectivity index (χ1n) is 9.85. The van der Waals surface area contributed by atoms with Crippen molar-refractivity contribution < 1.29 is 19.1 Å². The molecule has 2 unspecified atom stereocenters. The fraction of sp³-hybridized carbons (Fsp3) is 0.727. The van der Waals surface area contributed by atoms with Crippen LogP contribution in [0.5, 0.6) is 0 Å². The Bertz CT molecular complexity index is 703. The van der Waals surface area contributed by atoms with Gasteiger partial charge in [0, 0.05) is 29.6 Å². The van der Waals surface area contributed by atoms with E-state index in [1.165, 1.54) is 0 Å². The molecule has 1 heterocycles. The van der Waals surface area contributed by atoms with Crippen LogP contribution in [0.25, 0.3) is 0 Å². The zero-order valence-electron chi connectivity index (χ0n) is 16.2. The Balaban J connectivity index is 1.96. The summed E-state index contributed by atoms with van der Waals surface area (Å²) in [6.45, 7) is 15.4. The molecule has 1 saturated heterocycles. The molecular formula is C22H30O4. The number of hydrogen-bond acceptors (Lipinski definition) is 4. The van der Waals surface area contributed by atoms with Gasteiger partial charge in [-0.25, -0.2) is 0 Å². The first kappa shape index (κ1) is 18.1. The Morgan fingerprint density at radius 3 is 2.38 bits per heavy atom. The molecule has 0 aromatic rings. The number of carbonyl (C=O) groups excluding carboxylic acids is 2. The van der Waals surface area contributed by atoms with Crippen LogP contribution in [-0.2, 0) is 19.1 Å². The van der Waals surface area contributed by atoms with Gasteiger partial charge in [-0.1, -0.05) is 26.5 Å². The molecule has 1 spiro atoms. The van der Waals surface area contributed by atoms with E-state index < -0.39 is 22.0 Å². The van der Waals surface area contributed by atoms with Gasteiger partial charge in [0.15, 0.2) is 11.6 Å². The van der Waals surface area contributed by atoms with E-state index in [9.17, 15) is 9.59 Å². The van der Waals surface area contributed by atoms with E-state index in [0.717, 1.165) is 25.7 Å². The third kappa shape index (κ3) is 1.92. The normalized spacial score (nSPS) is 47.6. The summed E-state index contributed by atoms with van der Waals surface area (Å²) in [5.74, 6) is -0.567. The summed E-state index contributed by atoms with van der Waals surface area (Å²) >= 11 is 0. The molecule has 26 heavy (non-hydrogen) atoms. The molecule has 4 nitrogen and oxygen atoms in total. The Hall–Kier alpha value is -1.26. The van der Waals surface area contributed by atoms with E-state index in [1.54, 1.807) is 6.08 Å². The van der Waals surface area contributed by atoms with Crippen LogP contribution in [0.4, 0.5) is 0 Å². The number of hydrogen-bond donors (Lipinski definition) is 0. The van der Waals surface area contributed by atoms with Crippen molar-refractivity contribution in [3.8, 4) is 0 Å². The van der Waals surface area contributed by atoms with Gasteiger partial charge < -0.3 is 9.47 Å². The lowest BCUT2D eigenvalue weighted by Gasteiger charge is -2.58. The summed E-state index contributed by atoms with van der Waals surface area (Å²) in [5, 5.41) is 0. The number of rotatable bonds is 1. The van der Waals surface area contributed by atoms with Gasteiger partial charge in [0.2, 0.25) is 0 Å². The molecule has 142 valence electrons. The molecule has 4 rings (SSSR count). The van der Waals surface area contributed by atoms with E-state index in [1.807, 2.05) is 6.92 Å². The zero-order chi connectivity index (χ0) is 19.0. The molecule has 5 atom stereocenters. The summed E-state index contributed by atoms with van der Waals surface area (Å²) < 4.78 is 12.4. The minimum absolute atomic E-state index is 0.0301. The van der Waals surface area contributed by atoms with Crippen LogP contribution in [0, 0.1) is 28.1 Å². The van der Waals surface area contributed by atoms with Gasteiger partial charge in [0.25, 0.3) is 0 Å². The maximum absolute atomic E-state index is 13.7. The van der Waals surface area contributed by atoms with E-state index in [4.69, 9.17) is 9.47 Å². The van der Waals surface area contributed by atoms with Crippen LogP contribution in [0.1, 0.15) is 52.9 Å². The second-order valence-corrected chi connectivity index (χ2v) is 9.35. The van der Waals surface area contributed by atoms with Crippen molar-refractivity contribution in [3.63, 3.8) is 0 Å². The van der Waals surface area contributed by atoms with Crippen LogP contribution >= 0.6 is 0 Å². The smallest absolute Gasteiger partial charge is 0.173 e. The molecule has 0 aromatic carbocycles. The first-order valence-corrected chi connectivity index (χ1v) is 9.85. The fourth-order valence-electron chi connectivity index (χ4n) is 6.50. The fourth-order valence-corrected chi connectivity index (χ4v) is 6.50. The van der Waals surface area contributed by atoms with E-state index in [-0.39, 0.29) is 29.8 Å². The lowest BCUT2D eigenvalue weighted by Crippen LogP contribution is -2.62. The molecule has 0 aromatic heterocycles. The van der Waals surface area contributed by atoms with Crippen LogP contribution in [0.3, 0.4) is 0 Å². The second kappa shape index (κ2) is 5.39. The summed E-state index contributed by atoms with van der Waals surface area (Å²) in [7, 11) is 0. The topological polar surface area (TPSA) is 52.6 Å². The maximum atomic E-state index is 13.7. The van der Waals surface area contributed by atoms with Crippen molar-refractivity contribution >= 4 is 11.6 Å². The van der Waals surface area contributed by atoms with Gasteiger partial charge in [-0.2, -0.15) is 0 Å². The number of allylic oxidation sites excluding steroid dienone is 2.